The second kappa shape index (κ2) is 7.76. The molecule has 116 valence electrons. The number of urea groups is 1. The molecule has 1 aliphatic rings. The van der Waals surface area contributed by atoms with Crippen molar-refractivity contribution in [2.24, 2.45) is 5.92 Å². The van der Waals surface area contributed by atoms with Crippen LogP contribution in [-0.4, -0.2) is 52.6 Å². The van der Waals surface area contributed by atoms with Gasteiger partial charge in [-0.05, 0) is 31.9 Å². The number of carbonyl (C=O) groups is 2. The smallest absolute Gasteiger partial charge is 0.317 e. The topological polar surface area (TPSA) is 69.6 Å². The highest BCUT2D eigenvalue weighted by Gasteiger charge is 2.29. The van der Waals surface area contributed by atoms with Gasteiger partial charge in [-0.2, -0.15) is 11.8 Å². The van der Waals surface area contributed by atoms with Crippen molar-refractivity contribution >= 4 is 23.8 Å². The number of carboxylic acids is 1. The number of hydrogen-bond donors (Lipinski definition) is 2. The van der Waals surface area contributed by atoms with Crippen LogP contribution in [0, 0.1) is 5.92 Å². The molecule has 6 heteroatoms. The molecule has 2 amide bonds. The molecule has 0 aromatic carbocycles. The van der Waals surface area contributed by atoms with Gasteiger partial charge in [-0.1, -0.05) is 13.8 Å². The number of thioether (sulfide) groups is 1. The van der Waals surface area contributed by atoms with Crippen LogP contribution in [0.1, 0.15) is 39.5 Å². The quantitative estimate of drug-likeness (QED) is 0.790. The van der Waals surface area contributed by atoms with Gasteiger partial charge in [0.15, 0.2) is 0 Å². The number of nitrogens with one attached hydrogen (secondary N) is 1. The molecular weight excluding hydrogens is 276 g/mol. The first-order valence-electron chi connectivity index (χ1n) is 7.28. The minimum atomic E-state index is -0.747. The number of nitrogens with zero attached hydrogens (tertiary/aromatic N) is 1. The maximum Gasteiger partial charge on any atom is 0.317 e. The lowest BCUT2D eigenvalue weighted by atomic mass is 9.97. The van der Waals surface area contributed by atoms with E-state index in [0.717, 1.165) is 12.8 Å². The molecule has 20 heavy (non-hydrogen) atoms. The minimum Gasteiger partial charge on any atom is -0.481 e. The molecule has 0 bridgehead atoms. The maximum atomic E-state index is 12.1. The Bertz CT molecular complexity index is 329. The van der Waals surface area contributed by atoms with E-state index in [0.29, 0.717) is 32.5 Å². The molecule has 1 rings (SSSR count). The molecule has 0 aromatic heterocycles. The summed E-state index contributed by atoms with van der Waals surface area (Å²) in [7, 11) is 0. The summed E-state index contributed by atoms with van der Waals surface area (Å²) in [6, 6.07) is -0.0610. The van der Waals surface area contributed by atoms with E-state index < -0.39 is 5.97 Å². The van der Waals surface area contributed by atoms with Crippen molar-refractivity contribution in [2.45, 2.75) is 44.3 Å². The van der Waals surface area contributed by atoms with Crippen LogP contribution < -0.4 is 5.32 Å². The molecule has 0 unspecified atom stereocenters. The highest BCUT2D eigenvalue weighted by molar-refractivity contribution is 8.00. The Morgan fingerprint density at radius 3 is 2.25 bits per heavy atom. The molecule has 0 aromatic rings. The van der Waals surface area contributed by atoms with Gasteiger partial charge in [-0.25, -0.2) is 4.79 Å². The third-order valence-electron chi connectivity index (χ3n) is 4.41. The summed E-state index contributed by atoms with van der Waals surface area (Å²) < 4.78 is 0.106. The number of carbonyl (C=O) groups excluding carboxylic acids is 1. The summed E-state index contributed by atoms with van der Waals surface area (Å²) in [6.45, 7) is 6.02. The van der Waals surface area contributed by atoms with Crippen molar-refractivity contribution in [1.29, 1.82) is 0 Å². The average Bonchev–Trinajstić information content (AvgIpc) is 2.49. The number of hydrogen-bond acceptors (Lipinski definition) is 3. The summed E-state index contributed by atoms with van der Waals surface area (Å²) in [5.41, 5.74) is 0. The molecule has 0 saturated carbocycles. The van der Waals surface area contributed by atoms with E-state index in [1.165, 1.54) is 0 Å². The lowest BCUT2D eigenvalue weighted by Crippen LogP contribution is -2.49. The number of carboxylic acid groups (broad SMARTS) is 1. The Morgan fingerprint density at radius 2 is 1.85 bits per heavy atom. The van der Waals surface area contributed by atoms with Crippen LogP contribution in [0.4, 0.5) is 4.79 Å². The maximum absolute atomic E-state index is 12.1. The SMILES string of the molecule is CCC(CC)(CNC(=O)N1CCC(C(=O)O)CC1)SC. The van der Waals surface area contributed by atoms with Crippen LogP contribution in [0.2, 0.25) is 0 Å². The third-order valence-corrected chi connectivity index (χ3v) is 6.00. The van der Waals surface area contributed by atoms with Crippen LogP contribution >= 0.6 is 11.8 Å². The fourth-order valence-electron chi connectivity index (χ4n) is 2.54. The molecule has 0 radical (unpaired) electrons. The molecule has 1 aliphatic heterocycles. The van der Waals surface area contributed by atoms with Gasteiger partial charge in [-0.15, -0.1) is 0 Å². The molecule has 1 fully saturated rings. The van der Waals surface area contributed by atoms with Gasteiger partial charge >= 0.3 is 12.0 Å². The van der Waals surface area contributed by atoms with Crippen LogP contribution in [0.15, 0.2) is 0 Å². The van der Waals surface area contributed by atoms with E-state index >= 15 is 0 Å². The lowest BCUT2D eigenvalue weighted by molar-refractivity contribution is -0.143. The van der Waals surface area contributed by atoms with E-state index in [9.17, 15) is 9.59 Å². The van der Waals surface area contributed by atoms with Crippen LogP contribution in [0.25, 0.3) is 0 Å². The molecule has 0 atom stereocenters. The highest BCUT2D eigenvalue weighted by Crippen LogP contribution is 2.29. The number of aliphatic carboxylic acids is 1. The molecule has 0 spiro atoms. The van der Waals surface area contributed by atoms with Gasteiger partial charge in [0, 0.05) is 24.4 Å². The number of piperidine rings is 1. The summed E-state index contributed by atoms with van der Waals surface area (Å²) in [5.74, 6) is -1.04. The average molecular weight is 302 g/mol. The van der Waals surface area contributed by atoms with Crippen molar-refractivity contribution in [3.63, 3.8) is 0 Å². The Balaban J connectivity index is 2.42. The van der Waals surface area contributed by atoms with Gasteiger partial charge in [-0.3, -0.25) is 4.79 Å². The van der Waals surface area contributed by atoms with E-state index in [2.05, 4.69) is 25.4 Å². The zero-order valence-electron chi connectivity index (χ0n) is 12.6. The first-order chi connectivity index (χ1) is 9.48. The van der Waals surface area contributed by atoms with Crippen molar-refractivity contribution in [2.75, 3.05) is 25.9 Å². The molecule has 1 heterocycles. The summed E-state index contributed by atoms with van der Waals surface area (Å²) >= 11 is 1.80. The molecule has 5 nitrogen and oxygen atoms in total. The number of likely N-dealkylation sites (tertiary alicyclic amines) is 1. The van der Waals surface area contributed by atoms with E-state index in [1.54, 1.807) is 16.7 Å². The van der Waals surface area contributed by atoms with E-state index in [4.69, 9.17) is 5.11 Å². The van der Waals surface area contributed by atoms with Gasteiger partial charge in [0.05, 0.1) is 5.92 Å². The van der Waals surface area contributed by atoms with E-state index in [1.807, 2.05) is 0 Å². The minimum absolute atomic E-state index is 0.0610. The first kappa shape index (κ1) is 17.1. The van der Waals surface area contributed by atoms with Crippen LogP contribution in [0.3, 0.4) is 0 Å². The zero-order chi connectivity index (χ0) is 15.2. The summed E-state index contributed by atoms with van der Waals surface area (Å²) in [4.78, 5) is 24.7. The molecule has 2 N–H and O–H groups in total. The Labute approximate surface area is 125 Å². The van der Waals surface area contributed by atoms with E-state index in [-0.39, 0.29) is 16.7 Å². The molecule has 1 saturated heterocycles. The predicted octanol–water partition coefficient (Wildman–Crippen LogP) is 2.41. The standard InChI is InChI=1S/C14H26N2O3S/c1-4-14(5-2,20-3)10-15-13(19)16-8-6-11(7-9-16)12(17)18/h11H,4-10H2,1-3H3,(H,15,19)(H,17,18). The Morgan fingerprint density at radius 1 is 1.30 bits per heavy atom. The largest absolute Gasteiger partial charge is 0.481 e. The number of amides is 2. The zero-order valence-corrected chi connectivity index (χ0v) is 13.5. The summed E-state index contributed by atoms with van der Waals surface area (Å²) in [6.07, 6.45) is 5.23. The van der Waals surface area contributed by atoms with Gasteiger partial charge in [0.1, 0.15) is 0 Å². The number of rotatable bonds is 6. The highest BCUT2D eigenvalue weighted by atomic mass is 32.2. The van der Waals surface area contributed by atoms with Gasteiger partial charge in [0.25, 0.3) is 0 Å². The van der Waals surface area contributed by atoms with Gasteiger partial charge < -0.3 is 15.3 Å². The van der Waals surface area contributed by atoms with Crippen LogP contribution in [-0.2, 0) is 4.79 Å². The Hall–Kier alpha value is -0.910. The van der Waals surface area contributed by atoms with Crippen molar-refractivity contribution in [3.05, 3.63) is 0 Å². The monoisotopic (exact) mass is 302 g/mol. The first-order valence-corrected chi connectivity index (χ1v) is 8.51. The second-order valence-corrected chi connectivity index (χ2v) is 6.63. The third kappa shape index (κ3) is 4.30. The second-order valence-electron chi connectivity index (χ2n) is 5.35. The molecule has 0 aliphatic carbocycles. The lowest BCUT2D eigenvalue weighted by Gasteiger charge is -2.33. The fourth-order valence-corrected chi connectivity index (χ4v) is 3.33. The molecular formula is C14H26N2O3S. The van der Waals surface area contributed by atoms with Gasteiger partial charge in [0.2, 0.25) is 0 Å². The fraction of sp³-hybridized carbons (Fsp3) is 0.857. The predicted molar refractivity (Wildman–Crippen MR) is 82.2 cm³/mol. The van der Waals surface area contributed by atoms with Crippen molar-refractivity contribution in [1.82, 2.24) is 10.2 Å². The normalized spacial score (nSPS) is 17.1. The van der Waals surface area contributed by atoms with Crippen molar-refractivity contribution in [3.8, 4) is 0 Å². The van der Waals surface area contributed by atoms with Crippen molar-refractivity contribution < 1.29 is 14.7 Å². The summed E-state index contributed by atoms with van der Waals surface area (Å²) in [5, 5.41) is 12.0. The Kier molecular flexibility index (Phi) is 6.65. The van der Waals surface area contributed by atoms with Crippen LogP contribution in [0.5, 0.6) is 0 Å².